The predicted molar refractivity (Wildman–Crippen MR) is 115 cm³/mol. The number of hydrogen-bond donors (Lipinski definition) is 0. The molecule has 0 spiro atoms. The maximum atomic E-state index is 13.6. The molecule has 0 fully saturated rings. The van der Waals surface area contributed by atoms with Crippen molar-refractivity contribution >= 4 is 11.6 Å². The number of aromatic nitrogens is 2. The molecule has 0 bridgehead atoms. The Kier molecular flexibility index (Phi) is 6.55. The largest absolute Gasteiger partial charge is 0.383 e. The highest BCUT2D eigenvalue weighted by atomic mass is 35.5. The molecule has 0 amide bonds. The zero-order chi connectivity index (χ0) is 22.0. The molecule has 1 aliphatic heterocycles. The van der Waals surface area contributed by atoms with E-state index in [1.807, 2.05) is 33.8 Å². The van der Waals surface area contributed by atoms with E-state index in [1.54, 1.807) is 11.8 Å². The van der Waals surface area contributed by atoms with Gasteiger partial charge >= 0.3 is 0 Å². The van der Waals surface area contributed by atoms with Crippen molar-refractivity contribution in [2.24, 2.45) is 0 Å². The van der Waals surface area contributed by atoms with Crippen molar-refractivity contribution in [2.75, 3.05) is 20.3 Å². The Morgan fingerprint density at radius 3 is 2.39 bits per heavy atom. The van der Waals surface area contributed by atoms with E-state index in [-0.39, 0.29) is 5.56 Å². The molecule has 8 heteroatoms. The minimum absolute atomic E-state index is 0.0452. The summed E-state index contributed by atoms with van der Waals surface area (Å²) in [5.74, 6) is -1.19. The molecule has 31 heavy (non-hydrogen) atoms. The summed E-state index contributed by atoms with van der Waals surface area (Å²) in [5.41, 5.74) is 3.22. The molecule has 0 unspecified atom stereocenters. The summed E-state index contributed by atoms with van der Waals surface area (Å²) in [6.45, 7) is 3.02. The molecule has 2 heterocycles. The predicted octanol–water partition coefficient (Wildman–Crippen LogP) is 3.83. The highest BCUT2D eigenvalue weighted by molar-refractivity contribution is 6.30. The first-order valence-corrected chi connectivity index (χ1v) is 10.5. The molecule has 0 N–H and O–H groups in total. The number of fused-ring (bicyclic) bond motifs is 1. The van der Waals surface area contributed by atoms with E-state index >= 15 is 0 Å². The van der Waals surface area contributed by atoms with Gasteiger partial charge in [-0.15, -0.1) is 0 Å². The van der Waals surface area contributed by atoms with Gasteiger partial charge in [-0.05, 0) is 35.4 Å². The van der Waals surface area contributed by atoms with Gasteiger partial charge in [-0.25, -0.2) is 13.5 Å². The maximum Gasteiger partial charge on any atom is 0.271 e. The second-order valence-corrected chi connectivity index (χ2v) is 8.21. The summed E-state index contributed by atoms with van der Waals surface area (Å²) in [6, 6.07) is 11.0. The number of halogens is 3. The van der Waals surface area contributed by atoms with Crippen LogP contribution in [0.2, 0.25) is 5.02 Å². The van der Waals surface area contributed by atoms with Crippen LogP contribution in [-0.4, -0.2) is 34.5 Å². The van der Waals surface area contributed by atoms with Gasteiger partial charge in [-0.3, -0.25) is 14.4 Å². The minimum atomic E-state index is -0.594. The third kappa shape index (κ3) is 4.89. The molecule has 1 aromatic heterocycles. The molecule has 2 aromatic carbocycles. The van der Waals surface area contributed by atoms with Gasteiger partial charge in [0.15, 0.2) is 0 Å². The number of hydrogen-bond acceptors (Lipinski definition) is 3. The second-order valence-electron chi connectivity index (χ2n) is 7.77. The van der Waals surface area contributed by atoms with Crippen molar-refractivity contribution in [3.8, 4) is 0 Å². The molecule has 0 atom stereocenters. The highest BCUT2D eigenvalue weighted by Crippen LogP contribution is 2.21. The van der Waals surface area contributed by atoms with Crippen molar-refractivity contribution in [3.05, 3.63) is 91.9 Å². The van der Waals surface area contributed by atoms with Crippen molar-refractivity contribution in [2.45, 2.75) is 32.6 Å². The first-order valence-electron chi connectivity index (χ1n) is 10.2. The number of methoxy groups -OCH3 is 1. The Morgan fingerprint density at radius 1 is 1.00 bits per heavy atom. The third-order valence-corrected chi connectivity index (χ3v) is 5.82. The zero-order valence-corrected chi connectivity index (χ0v) is 18.0. The summed E-state index contributed by atoms with van der Waals surface area (Å²) in [5, 5.41) is 0.648. The van der Waals surface area contributed by atoms with Crippen LogP contribution in [0, 0.1) is 11.6 Å². The van der Waals surface area contributed by atoms with Crippen molar-refractivity contribution in [3.63, 3.8) is 0 Å². The Labute approximate surface area is 184 Å². The van der Waals surface area contributed by atoms with E-state index in [0.29, 0.717) is 56.3 Å². The zero-order valence-electron chi connectivity index (χ0n) is 17.3. The van der Waals surface area contributed by atoms with Crippen LogP contribution in [0.25, 0.3) is 0 Å². The van der Waals surface area contributed by atoms with Crippen LogP contribution in [0.1, 0.15) is 22.4 Å². The van der Waals surface area contributed by atoms with E-state index in [0.717, 1.165) is 22.9 Å². The summed E-state index contributed by atoms with van der Waals surface area (Å²) in [6.07, 6.45) is 0.680. The summed E-state index contributed by atoms with van der Waals surface area (Å²) in [4.78, 5) is 15.4. The van der Waals surface area contributed by atoms with Gasteiger partial charge in [0.25, 0.3) is 5.56 Å². The van der Waals surface area contributed by atoms with Gasteiger partial charge in [0, 0.05) is 49.9 Å². The molecule has 1 aliphatic rings. The molecule has 4 rings (SSSR count). The first kappa shape index (κ1) is 21.7. The monoisotopic (exact) mass is 447 g/mol. The van der Waals surface area contributed by atoms with E-state index < -0.39 is 11.6 Å². The van der Waals surface area contributed by atoms with Crippen molar-refractivity contribution < 1.29 is 13.5 Å². The minimum Gasteiger partial charge on any atom is -0.383 e. The van der Waals surface area contributed by atoms with E-state index in [1.165, 1.54) is 12.1 Å². The van der Waals surface area contributed by atoms with Gasteiger partial charge in [0.05, 0.1) is 25.3 Å². The standard InChI is InChI=1S/C23H24ClF2N3O2/c1-31-9-8-28-22-6-7-27(13-17-10-19(25)12-20(26)11-17)15-21(22)23(30)29(28)14-16-2-4-18(24)5-3-16/h2-5,10-12H,6-9,13-15H2,1H3. The lowest BCUT2D eigenvalue weighted by molar-refractivity contribution is 0.175. The van der Waals surface area contributed by atoms with Crippen LogP contribution >= 0.6 is 11.6 Å². The fourth-order valence-corrected chi connectivity index (χ4v) is 4.27. The molecule has 0 aliphatic carbocycles. The van der Waals surface area contributed by atoms with Crippen LogP contribution in [0.4, 0.5) is 8.78 Å². The Bertz CT molecular complexity index is 1100. The quantitative estimate of drug-likeness (QED) is 0.552. The molecule has 3 aromatic rings. The lowest BCUT2D eigenvalue weighted by Gasteiger charge is -2.27. The molecule has 0 radical (unpaired) electrons. The average molecular weight is 448 g/mol. The third-order valence-electron chi connectivity index (χ3n) is 5.57. The summed E-state index contributed by atoms with van der Waals surface area (Å²) < 4.78 is 36.1. The second kappa shape index (κ2) is 9.34. The SMILES string of the molecule is COCCn1c2c(c(=O)n1Cc1ccc(Cl)cc1)CN(Cc1cc(F)cc(F)c1)CC2. The van der Waals surface area contributed by atoms with Gasteiger partial charge in [-0.2, -0.15) is 0 Å². The lowest BCUT2D eigenvalue weighted by atomic mass is 10.1. The molecule has 0 saturated carbocycles. The number of rotatable bonds is 7. The van der Waals surface area contributed by atoms with Crippen LogP contribution in [0.5, 0.6) is 0 Å². The normalized spacial score (nSPS) is 14.1. The van der Waals surface area contributed by atoms with Crippen LogP contribution in [-0.2, 0) is 37.3 Å². The molecule has 0 saturated heterocycles. The summed E-state index contributed by atoms with van der Waals surface area (Å²) >= 11 is 5.99. The lowest BCUT2D eigenvalue weighted by Crippen LogP contribution is -2.32. The number of nitrogens with zero attached hydrogens (tertiary/aromatic N) is 3. The summed E-state index contributed by atoms with van der Waals surface area (Å²) in [7, 11) is 1.64. The van der Waals surface area contributed by atoms with E-state index in [4.69, 9.17) is 16.3 Å². The Balaban J connectivity index is 1.62. The van der Waals surface area contributed by atoms with Crippen LogP contribution in [0.15, 0.2) is 47.3 Å². The van der Waals surface area contributed by atoms with Gasteiger partial charge in [0.1, 0.15) is 11.6 Å². The average Bonchev–Trinajstić information content (AvgIpc) is 2.98. The fourth-order valence-electron chi connectivity index (χ4n) is 4.14. The van der Waals surface area contributed by atoms with Crippen molar-refractivity contribution in [1.29, 1.82) is 0 Å². The Morgan fingerprint density at radius 2 is 1.71 bits per heavy atom. The van der Waals surface area contributed by atoms with Gasteiger partial charge in [-0.1, -0.05) is 23.7 Å². The van der Waals surface area contributed by atoms with Gasteiger partial charge in [0.2, 0.25) is 0 Å². The topological polar surface area (TPSA) is 39.4 Å². The fraction of sp³-hybridized carbons (Fsp3) is 0.348. The van der Waals surface area contributed by atoms with Crippen molar-refractivity contribution in [1.82, 2.24) is 14.3 Å². The maximum absolute atomic E-state index is 13.6. The number of benzene rings is 2. The smallest absolute Gasteiger partial charge is 0.271 e. The van der Waals surface area contributed by atoms with E-state index in [2.05, 4.69) is 0 Å². The number of ether oxygens (including phenoxy) is 1. The molecule has 5 nitrogen and oxygen atoms in total. The van der Waals surface area contributed by atoms with Gasteiger partial charge < -0.3 is 4.74 Å². The first-order chi connectivity index (χ1) is 14.9. The molecular formula is C23H24ClF2N3O2. The highest BCUT2D eigenvalue weighted by Gasteiger charge is 2.26. The Hall–Kier alpha value is -2.48. The molecule has 164 valence electrons. The van der Waals surface area contributed by atoms with Crippen LogP contribution in [0.3, 0.4) is 0 Å². The molecular weight excluding hydrogens is 424 g/mol. The van der Waals surface area contributed by atoms with Crippen LogP contribution < -0.4 is 5.56 Å². The van der Waals surface area contributed by atoms with E-state index in [9.17, 15) is 13.6 Å².